The molecular weight excluding hydrogens is 178 g/mol. The molecule has 3 nitrogen and oxygen atoms in total. The molecule has 3 aliphatic rings. The number of rotatable bonds is 0. The van der Waals surface area contributed by atoms with Gasteiger partial charge in [0.2, 0.25) is 0 Å². The topological polar surface area (TPSA) is 40.5 Å². The molecule has 1 amide bonds. The first-order valence-corrected chi connectivity index (χ1v) is 5.75. The zero-order chi connectivity index (χ0) is 9.76. The van der Waals surface area contributed by atoms with Crippen molar-refractivity contribution in [3.8, 4) is 0 Å². The minimum atomic E-state index is -0.685. The average molecular weight is 195 g/mol. The third kappa shape index (κ3) is 0.842. The summed E-state index contributed by atoms with van der Waals surface area (Å²) in [5.41, 5.74) is 0.0781. The minimum Gasteiger partial charge on any atom is -0.383 e. The molecule has 2 heterocycles. The van der Waals surface area contributed by atoms with Crippen LogP contribution in [0.25, 0.3) is 0 Å². The van der Waals surface area contributed by atoms with Gasteiger partial charge in [-0.3, -0.25) is 4.79 Å². The molecule has 0 aromatic carbocycles. The van der Waals surface area contributed by atoms with Gasteiger partial charge in [-0.15, -0.1) is 0 Å². The van der Waals surface area contributed by atoms with Crippen molar-refractivity contribution in [1.82, 2.24) is 4.90 Å². The summed E-state index contributed by atoms with van der Waals surface area (Å²) in [7, 11) is 0. The Balaban J connectivity index is 2.02. The van der Waals surface area contributed by atoms with E-state index in [-0.39, 0.29) is 17.4 Å². The SMILES string of the molecule is O=C1C(O)C2CCCCC23CCCN13. The van der Waals surface area contributed by atoms with E-state index in [1.165, 1.54) is 12.8 Å². The van der Waals surface area contributed by atoms with Crippen LogP contribution < -0.4 is 0 Å². The highest BCUT2D eigenvalue weighted by Gasteiger charge is 2.59. The van der Waals surface area contributed by atoms with Crippen molar-refractivity contribution in [2.24, 2.45) is 5.92 Å². The Morgan fingerprint density at radius 2 is 2.07 bits per heavy atom. The van der Waals surface area contributed by atoms with Gasteiger partial charge in [0.1, 0.15) is 6.10 Å². The number of carbonyl (C=O) groups is 1. The van der Waals surface area contributed by atoms with E-state index in [2.05, 4.69) is 0 Å². The van der Waals surface area contributed by atoms with Gasteiger partial charge in [0, 0.05) is 18.0 Å². The normalized spacial score (nSPS) is 46.6. The van der Waals surface area contributed by atoms with Gasteiger partial charge < -0.3 is 10.0 Å². The number of amides is 1. The van der Waals surface area contributed by atoms with Crippen LogP contribution in [0.15, 0.2) is 0 Å². The van der Waals surface area contributed by atoms with Crippen molar-refractivity contribution in [2.75, 3.05) is 6.54 Å². The summed E-state index contributed by atoms with van der Waals surface area (Å²) in [4.78, 5) is 13.8. The van der Waals surface area contributed by atoms with Crippen molar-refractivity contribution < 1.29 is 9.90 Å². The fourth-order valence-electron chi connectivity index (χ4n) is 3.91. The predicted molar refractivity (Wildman–Crippen MR) is 51.6 cm³/mol. The maximum absolute atomic E-state index is 11.8. The van der Waals surface area contributed by atoms with Gasteiger partial charge in [0.05, 0.1) is 0 Å². The second kappa shape index (κ2) is 2.72. The molecule has 3 unspecified atom stereocenters. The van der Waals surface area contributed by atoms with Crippen LogP contribution in [-0.4, -0.2) is 34.1 Å². The number of aliphatic hydroxyl groups excluding tert-OH is 1. The molecule has 2 saturated heterocycles. The monoisotopic (exact) mass is 195 g/mol. The van der Waals surface area contributed by atoms with Gasteiger partial charge >= 0.3 is 0 Å². The molecule has 1 N–H and O–H groups in total. The zero-order valence-corrected chi connectivity index (χ0v) is 8.41. The highest BCUT2D eigenvalue weighted by Crippen LogP contribution is 2.51. The average Bonchev–Trinajstić information content (AvgIpc) is 2.68. The highest BCUT2D eigenvalue weighted by molar-refractivity contribution is 5.85. The van der Waals surface area contributed by atoms with Gasteiger partial charge in [-0.2, -0.15) is 0 Å². The molecule has 14 heavy (non-hydrogen) atoms. The van der Waals surface area contributed by atoms with E-state index >= 15 is 0 Å². The van der Waals surface area contributed by atoms with Crippen LogP contribution in [0.5, 0.6) is 0 Å². The first kappa shape index (κ1) is 8.72. The number of hydrogen-bond acceptors (Lipinski definition) is 2. The molecule has 0 aromatic heterocycles. The van der Waals surface area contributed by atoms with Crippen LogP contribution >= 0.6 is 0 Å². The van der Waals surface area contributed by atoms with E-state index in [4.69, 9.17) is 0 Å². The van der Waals surface area contributed by atoms with Crippen molar-refractivity contribution in [3.05, 3.63) is 0 Å². The number of hydrogen-bond donors (Lipinski definition) is 1. The van der Waals surface area contributed by atoms with Crippen LogP contribution in [-0.2, 0) is 4.79 Å². The van der Waals surface area contributed by atoms with E-state index in [0.29, 0.717) is 0 Å². The Morgan fingerprint density at radius 3 is 2.93 bits per heavy atom. The lowest BCUT2D eigenvalue weighted by atomic mass is 9.72. The van der Waals surface area contributed by atoms with Crippen molar-refractivity contribution in [1.29, 1.82) is 0 Å². The number of aliphatic hydroxyl groups is 1. The lowest BCUT2D eigenvalue weighted by molar-refractivity contribution is -0.135. The predicted octanol–water partition coefficient (Wildman–Crippen LogP) is 0.912. The maximum atomic E-state index is 11.8. The summed E-state index contributed by atoms with van der Waals surface area (Å²) in [6, 6.07) is 0. The molecule has 0 aromatic rings. The molecular formula is C11H17NO2. The molecule has 2 aliphatic heterocycles. The molecule has 78 valence electrons. The summed E-state index contributed by atoms with van der Waals surface area (Å²) >= 11 is 0. The summed E-state index contributed by atoms with van der Waals surface area (Å²) in [5, 5.41) is 9.90. The molecule has 3 atom stereocenters. The van der Waals surface area contributed by atoms with Crippen LogP contribution in [0.1, 0.15) is 38.5 Å². The summed E-state index contributed by atoms with van der Waals surface area (Å²) in [6.07, 6.45) is 6.16. The lowest BCUT2D eigenvalue weighted by Crippen LogP contribution is -2.46. The third-order valence-corrected chi connectivity index (χ3v) is 4.49. The lowest BCUT2D eigenvalue weighted by Gasteiger charge is -2.40. The first-order chi connectivity index (χ1) is 6.76. The van der Waals surface area contributed by atoms with Gasteiger partial charge in [-0.05, 0) is 25.7 Å². The molecule has 1 spiro atoms. The molecule has 0 bridgehead atoms. The smallest absolute Gasteiger partial charge is 0.252 e. The fraction of sp³-hybridized carbons (Fsp3) is 0.909. The summed E-state index contributed by atoms with van der Waals surface area (Å²) in [5.74, 6) is 0.251. The van der Waals surface area contributed by atoms with E-state index in [9.17, 15) is 9.90 Å². The van der Waals surface area contributed by atoms with Crippen LogP contribution in [0.2, 0.25) is 0 Å². The molecule has 3 heteroatoms. The number of carbonyl (C=O) groups excluding carboxylic acids is 1. The van der Waals surface area contributed by atoms with E-state index in [1.54, 1.807) is 0 Å². The van der Waals surface area contributed by atoms with Crippen molar-refractivity contribution in [3.63, 3.8) is 0 Å². The van der Waals surface area contributed by atoms with Crippen LogP contribution in [0.3, 0.4) is 0 Å². The Morgan fingerprint density at radius 1 is 1.29 bits per heavy atom. The van der Waals surface area contributed by atoms with E-state index < -0.39 is 6.10 Å². The van der Waals surface area contributed by atoms with E-state index in [1.807, 2.05) is 4.90 Å². The highest BCUT2D eigenvalue weighted by atomic mass is 16.3. The molecule has 1 aliphatic carbocycles. The quantitative estimate of drug-likeness (QED) is 0.624. The molecule has 1 saturated carbocycles. The van der Waals surface area contributed by atoms with Crippen LogP contribution in [0, 0.1) is 5.92 Å². The Bertz CT molecular complexity index is 278. The molecule has 3 rings (SSSR count). The Labute approximate surface area is 84.1 Å². The molecule has 0 radical (unpaired) electrons. The Hall–Kier alpha value is -0.570. The van der Waals surface area contributed by atoms with E-state index in [0.717, 1.165) is 32.2 Å². The fourth-order valence-corrected chi connectivity index (χ4v) is 3.91. The second-order valence-electron chi connectivity index (χ2n) is 4.99. The second-order valence-corrected chi connectivity index (χ2v) is 4.99. The van der Waals surface area contributed by atoms with Crippen LogP contribution in [0.4, 0.5) is 0 Å². The first-order valence-electron chi connectivity index (χ1n) is 5.75. The minimum absolute atomic E-state index is 0.00870. The third-order valence-electron chi connectivity index (χ3n) is 4.49. The zero-order valence-electron chi connectivity index (χ0n) is 8.41. The van der Waals surface area contributed by atoms with Gasteiger partial charge in [0.15, 0.2) is 0 Å². The molecule has 3 fully saturated rings. The Kier molecular flexibility index (Phi) is 1.69. The van der Waals surface area contributed by atoms with Gasteiger partial charge in [-0.25, -0.2) is 0 Å². The standard InChI is InChI=1S/C11H17NO2/c13-9-8-4-1-2-5-11(8)6-3-7-12(11)10(9)14/h8-9,13H,1-7H2. The van der Waals surface area contributed by atoms with Crippen molar-refractivity contribution in [2.45, 2.75) is 50.2 Å². The van der Waals surface area contributed by atoms with Gasteiger partial charge in [-0.1, -0.05) is 12.8 Å². The van der Waals surface area contributed by atoms with Gasteiger partial charge in [0.25, 0.3) is 5.91 Å². The number of nitrogens with zero attached hydrogens (tertiary/aromatic N) is 1. The largest absolute Gasteiger partial charge is 0.383 e. The maximum Gasteiger partial charge on any atom is 0.252 e. The summed E-state index contributed by atoms with van der Waals surface area (Å²) < 4.78 is 0. The summed E-state index contributed by atoms with van der Waals surface area (Å²) in [6.45, 7) is 0.881. The van der Waals surface area contributed by atoms with Crippen molar-refractivity contribution >= 4 is 5.91 Å².